The van der Waals surface area contributed by atoms with Gasteiger partial charge in [-0.2, -0.15) is 0 Å². The molecule has 0 saturated heterocycles. The van der Waals surface area contributed by atoms with Crippen molar-refractivity contribution >= 4 is 6.03 Å². The van der Waals surface area contributed by atoms with Crippen molar-refractivity contribution in [1.29, 1.82) is 0 Å². The molecule has 0 spiro atoms. The maximum atomic E-state index is 12.1. The normalized spacial score (nSPS) is 11.5. The quantitative estimate of drug-likeness (QED) is 0.810. The van der Waals surface area contributed by atoms with E-state index in [1.165, 1.54) is 0 Å². The zero-order valence-electron chi connectivity index (χ0n) is 15.1. The predicted molar refractivity (Wildman–Crippen MR) is 97.2 cm³/mol. The first kappa shape index (κ1) is 18.6. The fourth-order valence-corrected chi connectivity index (χ4v) is 2.47. The van der Waals surface area contributed by atoms with Gasteiger partial charge < -0.3 is 20.1 Å². The maximum absolute atomic E-state index is 12.1. The van der Waals surface area contributed by atoms with E-state index in [1.54, 1.807) is 20.3 Å². The molecule has 2 amide bonds. The summed E-state index contributed by atoms with van der Waals surface area (Å²) in [7, 11) is 3.20. The molecule has 0 bridgehead atoms. The highest BCUT2D eigenvalue weighted by atomic mass is 16.5. The monoisotopic (exact) mass is 343 g/mol. The minimum absolute atomic E-state index is 0.193. The number of ether oxygens (including phenoxy) is 2. The molecule has 6 heteroatoms. The average molecular weight is 343 g/mol. The molecule has 25 heavy (non-hydrogen) atoms. The Morgan fingerprint density at radius 2 is 2.00 bits per heavy atom. The number of hydrogen-bond acceptors (Lipinski definition) is 4. The van der Waals surface area contributed by atoms with Crippen LogP contribution in [0.15, 0.2) is 36.5 Å². The van der Waals surface area contributed by atoms with Gasteiger partial charge in [-0.15, -0.1) is 0 Å². The van der Waals surface area contributed by atoms with Crippen molar-refractivity contribution in [3.8, 4) is 11.5 Å². The number of rotatable bonds is 7. The van der Waals surface area contributed by atoms with Crippen LogP contribution in [0.5, 0.6) is 11.5 Å². The molecule has 0 radical (unpaired) electrons. The van der Waals surface area contributed by atoms with Gasteiger partial charge in [0.2, 0.25) is 0 Å². The summed E-state index contributed by atoms with van der Waals surface area (Å²) in [5, 5.41) is 5.78. The van der Waals surface area contributed by atoms with Crippen LogP contribution in [0.4, 0.5) is 4.79 Å². The van der Waals surface area contributed by atoms with Gasteiger partial charge in [0.25, 0.3) is 0 Å². The van der Waals surface area contributed by atoms with Crippen LogP contribution in [0.25, 0.3) is 0 Å². The third-order valence-electron chi connectivity index (χ3n) is 3.93. The molecule has 2 aromatic rings. The van der Waals surface area contributed by atoms with E-state index in [9.17, 15) is 4.79 Å². The second-order valence-electron chi connectivity index (χ2n) is 5.79. The Kier molecular flexibility index (Phi) is 6.62. The Labute approximate surface area is 148 Å². The van der Waals surface area contributed by atoms with E-state index in [1.807, 2.05) is 44.3 Å². The van der Waals surface area contributed by atoms with Gasteiger partial charge in [0.1, 0.15) is 11.5 Å². The first-order valence-electron chi connectivity index (χ1n) is 8.21. The third-order valence-corrected chi connectivity index (χ3v) is 3.93. The molecule has 0 aliphatic heterocycles. The highest BCUT2D eigenvalue weighted by molar-refractivity contribution is 5.74. The highest BCUT2D eigenvalue weighted by Gasteiger charge is 2.14. The van der Waals surface area contributed by atoms with Crippen LogP contribution in [0, 0.1) is 6.92 Å². The molecular formula is C19H25N3O3. The summed E-state index contributed by atoms with van der Waals surface area (Å²) in [4.78, 5) is 16.3. The number of hydrogen-bond donors (Lipinski definition) is 2. The lowest BCUT2D eigenvalue weighted by atomic mass is 10.1. The van der Waals surface area contributed by atoms with Gasteiger partial charge >= 0.3 is 6.03 Å². The number of carbonyl (C=O) groups is 1. The van der Waals surface area contributed by atoms with E-state index in [2.05, 4.69) is 15.6 Å². The van der Waals surface area contributed by atoms with Gasteiger partial charge in [0.05, 0.1) is 20.3 Å². The van der Waals surface area contributed by atoms with Crippen LogP contribution in [-0.4, -0.2) is 31.8 Å². The van der Waals surface area contributed by atoms with Crippen LogP contribution in [0.2, 0.25) is 0 Å². The topological polar surface area (TPSA) is 72.5 Å². The number of pyridine rings is 1. The number of amides is 2. The van der Waals surface area contributed by atoms with Gasteiger partial charge in [-0.3, -0.25) is 4.98 Å². The lowest BCUT2D eigenvalue weighted by Crippen LogP contribution is -2.38. The Balaban J connectivity index is 1.86. The summed E-state index contributed by atoms with van der Waals surface area (Å²) in [5.74, 6) is 1.39. The number of benzene rings is 1. The highest BCUT2D eigenvalue weighted by Crippen LogP contribution is 2.29. The molecule has 0 aliphatic carbocycles. The summed E-state index contributed by atoms with van der Waals surface area (Å²) < 4.78 is 10.6. The molecule has 2 rings (SSSR count). The van der Waals surface area contributed by atoms with Crippen molar-refractivity contribution in [2.75, 3.05) is 20.8 Å². The average Bonchev–Trinajstić information content (AvgIpc) is 2.62. The standard InChI is InChI=1S/C19H25N3O3/c1-13-5-6-15(12-21-13)9-10-20-19(23)22-14(2)17-8-7-16(24-3)11-18(17)25-4/h5-8,11-12,14H,9-10H2,1-4H3,(H2,20,22,23)/t14-/m1/s1. The molecule has 1 aromatic heterocycles. The fraction of sp³-hybridized carbons (Fsp3) is 0.368. The molecule has 2 N–H and O–H groups in total. The molecule has 134 valence electrons. The van der Waals surface area contributed by atoms with E-state index in [0.717, 1.165) is 23.2 Å². The van der Waals surface area contributed by atoms with Gasteiger partial charge in [-0.05, 0) is 44.0 Å². The number of nitrogens with zero attached hydrogens (tertiary/aromatic N) is 1. The maximum Gasteiger partial charge on any atom is 0.315 e. The molecule has 0 saturated carbocycles. The summed E-state index contributed by atoms with van der Waals surface area (Å²) in [6.07, 6.45) is 2.57. The molecule has 0 unspecified atom stereocenters. The lowest BCUT2D eigenvalue weighted by Gasteiger charge is -2.18. The zero-order valence-corrected chi connectivity index (χ0v) is 15.1. The van der Waals surface area contributed by atoms with E-state index in [0.29, 0.717) is 18.0 Å². The van der Waals surface area contributed by atoms with Gasteiger partial charge in [0.15, 0.2) is 0 Å². The fourth-order valence-electron chi connectivity index (χ4n) is 2.47. The summed E-state index contributed by atoms with van der Waals surface area (Å²) >= 11 is 0. The van der Waals surface area contributed by atoms with Crippen molar-refractivity contribution in [1.82, 2.24) is 15.6 Å². The third kappa shape index (κ3) is 5.38. The van der Waals surface area contributed by atoms with Gasteiger partial charge in [-0.1, -0.05) is 6.07 Å². The van der Waals surface area contributed by atoms with Crippen molar-refractivity contribution in [3.05, 3.63) is 53.3 Å². The summed E-state index contributed by atoms with van der Waals surface area (Å²) in [6, 6.07) is 9.11. The van der Waals surface area contributed by atoms with E-state index in [-0.39, 0.29) is 12.1 Å². The smallest absolute Gasteiger partial charge is 0.315 e. The van der Waals surface area contributed by atoms with Crippen molar-refractivity contribution in [3.63, 3.8) is 0 Å². The molecular weight excluding hydrogens is 318 g/mol. The Hall–Kier alpha value is -2.76. The zero-order chi connectivity index (χ0) is 18.2. The molecule has 1 atom stereocenters. The minimum atomic E-state index is -0.217. The Morgan fingerprint density at radius 3 is 2.64 bits per heavy atom. The second kappa shape index (κ2) is 8.92. The van der Waals surface area contributed by atoms with Crippen LogP contribution in [-0.2, 0) is 6.42 Å². The number of methoxy groups -OCH3 is 2. The Bertz CT molecular complexity index is 702. The largest absolute Gasteiger partial charge is 0.497 e. The van der Waals surface area contributed by atoms with Crippen LogP contribution >= 0.6 is 0 Å². The van der Waals surface area contributed by atoms with Crippen molar-refractivity contribution in [2.24, 2.45) is 0 Å². The number of urea groups is 1. The summed E-state index contributed by atoms with van der Waals surface area (Å²) in [6.45, 7) is 4.40. The van der Waals surface area contributed by atoms with Gasteiger partial charge in [0, 0.05) is 30.1 Å². The SMILES string of the molecule is COc1ccc([C@@H](C)NC(=O)NCCc2ccc(C)nc2)c(OC)c1. The summed E-state index contributed by atoms with van der Waals surface area (Å²) in [5.41, 5.74) is 2.97. The van der Waals surface area contributed by atoms with Crippen LogP contribution in [0.1, 0.15) is 29.8 Å². The van der Waals surface area contributed by atoms with E-state index < -0.39 is 0 Å². The second-order valence-corrected chi connectivity index (χ2v) is 5.79. The Morgan fingerprint density at radius 1 is 1.20 bits per heavy atom. The van der Waals surface area contributed by atoms with Gasteiger partial charge in [-0.25, -0.2) is 4.79 Å². The van der Waals surface area contributed by atoms with Crippen LogP contribution in [0.3, 0.4) is 0 Å². The first-order chi connectivity index (χ1) is 12.0. The molecule has 0 aliphatic rings. The molecule has 1 heterocycles. The number of aromatic nitrogens is 1. The molecule has 1 aromatic carbocycles. The number of nitrogens with one attached hydrogen (secondary N) is 2. The minimum Gasteiger partial charge on any atom is -0.497 e. The predicted octanol–water partition coefficient (Wildman–Crippen LogP) is 3.01. The number of aryl methyl sites for hydroxylation is 1. The molecule has 0 fully saturated rings. The van der Waals surface area contributed by atoms with Crippen LogP contribution < -0.4 is 20.1 Å². The van der Waals surface area contributed by atoms with E-state index >= 15 is 0 Å². The lowest BCUT2D eigenvalue weighted by molar-refractivity contribution is 0.238. The first-order valence-corrected chi connectivity index (χ1v) is 8.21. The van der Waals surface area contributed by atoms with Crippen molar-refractivity contribution < 1.29 is 14.3 Å². The molecule has 6 nitrogen and oxygen atoms in total. The van der Waals surface area contributed by atoms with Crippen molar-refractivity contribution in [2.45, 2.75) is 26.3 Å². The number of carbonyl (C=O) groups excluding carboxylic acids is 1. The van der Waals surface area contributed by atoms with E-state index in [4.69, 9.17) is 9.47 Å².